The Hall–Kier alpha value is -1.95. The Balaban J connectivity index is 2.87. The molecule has 0 bridgehead atoms. The Morgan fingerprint density at radius 3 is 2.93 bits per heavy atom. The predicted octanol–water partition coefficient (Wildman–Crippen LogP) is 1.71. The van der Waals surface area contributed by atoms with E-state index in [1.54, 1.807) is 0 Å². The monoisotopic (exact) mass is 225 g/mol. The van der Waals surface area contributed by atoms with Crippen molar-refractivity contribution >= 4 is 29.2 Å². The van der Waals surface area contributed by atoms with E-state index in [0.29, 0.717) is 11.3 Å². The summed E-state index contributed by atoms with van der Waals surface area (Å²) in [4.78, 5) is 24.2. The molecule has 0 aliphatic carbocycles. The van der Waals surface area contributed by atoms with Crippen molar-refractivity contribution in [3.63, 3.8) is 0 Å². The van der Waals surface area contributed by atoms with Crippen LogP contribution in [0.25, 0.3) is 5.52 Å². The van der Waals surface area contributed by atoms with Gasteiger partial charge in [0.2, 0.25) is 6.29 Å². The lowest BCUT2D eigenvalue weighted by atomic mass is 10.4. The lowest BCUT2D eigenvalue weighted by Crippen LogP contribution is -1.90. The van der Waals surface area contributed by atoms with Crippen molar-refractivity contribution in [3.05, 3.63) is 39.3 Å². The lowest BCUT2D eigenvalue weighted by molar-refractivity contribution is -0.387. The second-order valence-electron chi connectivity index (χ2n) is 2.77. The van der Waals surface area contributed by atoms with E-state index in [1.165, 1.54) is 22.7 Å². The van der Waals surface area contributed by atoms with E-state index in [9.17, 15) is 14.9 Å². The van der Waals surface area contributed by atoms with Crippen LogP contribution in [-0.4, -0.2) is 20.6 Å². The van der Waals surface area contributed by atoms with Gasteiger partial charge in [-0.3, -0.25) is 9.20 Å². The normalized spacial score (nSPS) is 10.5. The average Bonchev–Trinajstić information content (AvgIpc) is 2.55. The molecule has 0 atom stereocenters. The molecule has 0 unspecified atom stereocenters. The van der Waals surface area contributed by atoms with E-state index in [0.717, 1.165) is 0 Å². The third-order valence-corrected chi connectivity index (χ3v) is 2.13. The molecule has 0 aromatic carbocycles. The molecule has 2 aromatic heterocycles. The van der Waals surface area contributed by atoms with Gasteiger partial charge in [0, 0.05) is 11.2 Å². The van der Waals surface area contributed by atoms with E-state index in [4.69, 9.17) is 11.6 Å². The zero-order chi connectivity index (χ0) is 11.0. The summed E-state index contributed by atoms with van der Waals surface area (Å²) in [7, 11) is 0. The molecular weight excluding hydrogens is 222 g/mol. The lowest BCUT2D eigenvalue weighted by Gasteiger charge is -1.93. The summed E-state index contributed by atoms with van der Waals surface area (Å²) in [5, 5.41) is 11.0. The Bertz CT molecular complexity index is 564. The fraction of sp³-hybridized carbons (Fsp3) is 0. The van der Waals surface area contributed by atoms with Gasteiger partial charge in [-0.2, -0.15) is 0 Å². The zero-order valence-electron chi connectivity index (χ0n) is 7.25. The number of nitrogens with zero attached hydrogens (tertiary/aromatic N) is 3. The zero-order valence-corrected chi connectivity index (χ0v) is 8.01. The highest BCUT2D eigenvalue weighted by Gasteiger charge is 2.21. The number of hydrogen-bond acceptors (Lipinski definition) is 4. The van der Waals surface area contributed by atoms with Crippen LogP contribution in [0.3, 0.4) is 0 Å². The average molecular weight is 226 g/mol. The van der Waals surface area contributed by atoms with Crippen LogP contribution in [0.2, 0.25) is 5.02 Å². The summed E-state index contributed by atoms with van der Waals surface area (Å²) >= 11 is 5.70. The van der Waals surface area contributed by atoms with Gasteiger partial charge in [-0.15, -0.1) is 0 Å². The van der Waals surface area contributed by atoms with Crippen molar-refractivity contribution in [2.45, 2.75) is 0 Å². The number of halogens is 1. The van der Waals surface area contributed by atoms with Gasteiger partial charge < -0.3 is 10.1 Å². The number of carbonyl (C=O) groups is 1. The third-order valence-electron chi connectivity index (χ3n) is 1.89. The number of imidazole rings is 1. The number of aromatic nitrogens is 2. The molecular formula is C8H4ClN3O3. The van der Waals surface area contributed by atoms with Gasteiger partial charge in [-0.05, 0) is 22.0 Å². The number of nitro groups is 1. The molecule has 0 spiro atoms. The topological polar surface area (TPSA) is 77.5 Å². The van der Waals surface area contributed by atoms with E-state index >= 15 is 0 Å². The SMILES string of the molecule is O=Cc1nc([N+](=O)[O-])c2cc(Cl)ccn12. The number of fused-ring (bicyclic) bond motifs is 1. The van der Waals surface area contributed by atoms with Crippen molar-refractivity contribution in [3.8, 4) is 0 Å². The minimum Gasteiger partial charge on any atom is -0.358 e. The molecule has 0 saturated carbocycles. The Morgan fingerprint density at radius 1 is 1.60 bits per heavy atom. The van der Waals surface area contributed by atoms with Crippen molar-refractivity contribution in [1.82, 2.24) is 9.38 Å². The van der Waals surface area contributed by atoms with Crippen molar-refractivity contribution < 1.29 is 9.72 Å². The van der Waals surface area contributed by atoms with Crippen molar-refractivity contribution in [1.29, 1.82) is 0 Å². The van der Waals surface area contributed by atoms with Gasteiger partial charge in [-0.1, -0.05) is 11.6 Å². The molecule has 0 saturated heterocycles. The maximum absolute atomic E-state index is 10.6. The minimum absolute atomic E-state index is 0.0200. The van der Waals surface area contributed by atoms with Crippen LogP contribution in [0.15, 0.2) is 18.3 Å². The highest BCUT2D eigenvalue weighted by molar-refractivity contribution is 6.31. The van der Waals surface area contributed by atoms with Gasteiger partial charge in [0.25, 0.3) is 5.82 Å². The molecule has 0 N–H and O–H groups in total. The van der Waals surface area contributed by atoms with Crippen LogP contribution in [-0.2, 0) is 0 Å². The molecule has 0 fully saturated rings. The Labute approximate surface area is 88.3 Å². The second kappa shape index (κ2) is 3.32. The standard InChI is InChI=1S/C8H4ClN3O3/c9-5-1-2-11-6(3-5)8(12(14)15)10-7(11)4-13/h1-4H. The fourth-order valence-corrected chi connectivity index (χ4v) is 1.44. The highest BCUT2D eigenvalue weighted by Crippen LogP contribution is 2.22. The van der Waals surface area contributed by atoms with E-state index in [1.807, 2.05) is 0 Å². The molecule has 7 heteroatoms. The largest absolute Gasteiger partial charge is 0.390 e. The third kappa shape index (κ3) is 1.44. The molecule has 0 radical (unpaired) electrons. The summed E-state index contributed by atoms with van der Waals surface area (Å²) in [6.45, 7) is 0. The maximum atomic E-state index is 10.6. The van der Waals surface area contributed by atoms with Gasteiger partial charge in [0.05, 0.1) is 0 Å². The summed E-state index contributed by atoms with van der Waals surface area (Å²) in [5.74, 6) is -0.395. The van der Waals surface area contributed by atoms with Crippen LogP contribution in [0, 0.1) is 10.1 Å². The number of pyridine rings is 1. The first kappa shape index (κ1) is 9.60. The number of rotatable bonds is 2. The Kier molecular flexibility index (Phi) is 2.12. The molecule has 2 rings (SSSR count). The molecule has 6 nitrogen and oxygen atoms in total. The van der Waals surface area contributed by atoms with Gasteiger partial charge in [0.1, 0.15) is 5.52 Å². The van der Waals surface area contributed by atoms with Gasteiger partial charge in [0.15, 0.2) is 0 Å². The first-order valence-corrected chi connectivity index (χ1v) is 4.28. The maximum Gasteiger partial charge on any atom is 0.390 e. The van der Waals surface area contributed by atoms with E-state index in [2.05, 4.69) is 4.98 Å². The van der Waals surface area contributed by atoms with Gasteiger partial charge in [-0.25, -0.2) is 0 Å². The molecule has 15 heavy (non-hydrogen) atoms. The van der Waals surface area contributed by atoms with E-state index < -0.39 is 4.92 Å². The Morgan fingerprint density at radius 2 is 2.33 bits per heavy atom. The van der Waals surface area contributed by atoms with E-state index in [-0.39, 0.29) is 17.2 Å². The van der Waals surface area contributed by atoms with Crippen LogP contribution in [0.1, 0.15) is 10.6 Å². The summed E-state index contributed by atoms with van der Waals surface area (Å²) < 4.78 is 1.32. The number of carbonyl (C=O) groups excluding carboxylic acids is 1. The predicted molar refractivity (Wildman–Crippen MR) is 52.2 cm³/mol. The number of hydrogen-bond donors (Lipinski definition) is 0. The molecule has 0 aliphatic heterocycles. The summed E-state index contributed by atoms with van der Waals surface area (Å²) in [6, 6.07) is 2.91. The molecule has 0 aliphatic rings. The number of aldehydes is 1. The van der Waals surface area contributed by atoms with Crippen molar-refractivity contribution in [2.24, 2.45) is 0 Å². The second-order valence-corrected chi connectivity index (χ2v) is 3.21. The van der Waals surface area contributed by atoms with Crippen LogP contribution in [0.5, 0.6) is 0 Å². The fourth-order valence-electron chi connectivity index (χ4n) is 1.28. The highest BCUT2D eigenvalue weighted by atomic mass is 35.5. The summed E-state index contributed by atoms with van der Waals surface area (Å²) in [6.07, 6.45) is 1.91. The van der Waals surface area contributed by atoms with Gasteiger partial charge >= 0.3 is 5.82 Å². The van der Waals surface area contributed by atoms with Crippen molar-refractivity contribution in [2.75, 3.05) is 0 Å². The molecule has 2 heterocycles. The van der Waals surface area contributed by atoms with Crippen LogP contribution in [0.4, 0.5) is 5.82 Å². The minimum atomic E-state index is -0.654. The van der Waals surface area contributed by atoms with Crippen LogP contribution >= 0.6 is 11.6 Å². The smallest absolute Gasteiger partial charge is 0.358 e. The molecule has 76 valence electrons. The first-order valence-electron chi connectivity index (χ1n) is 3.90. The summed E-state index contributed by atoms with van der Waals surface area (Å²) in [5.41, 5.74) is 0.203. The quantitative estimate of drug-likeness (QED) is 0.443. The first-order chi connectivity index (χ1) is 7.13. The molecule has 2 aromatic rings. The van der Waals surface area contributed by atoms with Crippen LogP contribution < -0.4 is 0 Å². The molecule has 0 amide bonds.